The van der Waals surface area contributed by atoms with Crippen LogP contribution in [0.5, 0.6) is 5.75 Å². The number of hydrogen-bond donors (Lipinski definition) is 1. The average Bonchev–Trinajstić information content (AvgIpc) is 2.50. The van der Waals surface area contributed by atoms with Gasteiger partial charge < -0.3 is 10.1 Å². The molecule has 0 spiro atoms. The maximum Gasteiger partial charge on any atom is 0.265 e. The molecule has 1 atom stereocenters. The maximum atomic E-state index is 13.0. The van der Waals surface area contributed by atoms with Crippen molar-refractivity contribution in [1.82, 2.24) is 0 Å². The zero-order chi connectivity index (χ0) is 16.1. The molecule has 2 rings (SSSR count). The Balaban J connectivity index is 2.01. The summed E-state index contributed by atoms with van der Waals surface area (Å²) < 4.78 is 18.9. The molecule has 22 heavy (non-hydrogen) atoms. The van der Waals surface area contributed by atoms with E-state index in [2.05, 4.69) is 21.2 Å². The van der Waals surface area contributed by atoms with Gasteiger partial charge in [0.1, 0.15) is 11.6 Å². The number of nitrogens with one attached hydrogen (secondary N) is 1. The highest BCUT2D eigenvalue weighted by molar-refractivity contribution is 9.10. The SMILES string of the molecule is C[C@@H](Oc1ccc(F)cc1Br)C(=O)Nc1ccc(C#N)cc1. The van der Waals surface area contributed by atoms with Gasteiger partial charge in [0.25, 0.3) is 5.91 Å². The molecular formula is C16H12BrFN2O2. The molecule has 1 amide bonds. The highest BCUT2D eigenvalue weighted by Gasteiger charge is 2.16. The first-order valence-electron chi connectivity index (χ1n) is 6.42. The molecule has 1 N–H and O–H groups in total. The summed E-state index contributed by atoms with van der Waals surface area (Å²) in [6, 6.07) is 12.5. The molecule has 0 radical (unpaired) electrons. The second-order valence-electron chi connectivity index (χ2n) is 4.51. The molecule has 0 aromatic heterocycles. The number of amides is 1. The van der Waals surface area contributed by atoms with Crippen molar-refractivity contribution in [2.45, 2.75) is 13.0 Å². The van der Waals surface area contributed by atoms with Gasteiger partial charge in [-0.1, -0.05) is 0 Å². The van der Waals surface area contributed by atoms with Gasteiger partial charge in [-0.05, 0) is 65.3 Å². The lowest BCUT2D eigenvalue weighted by atomic mass is 10.2. The van der Waals surface area contributed by atoms with E-state index in [1.807, 2.05) is 6.07 Å². The van der Waals surface area contributed by atoms with Crippen LogP contribution in [-0.2, 0) is 4.79 Å². The van der Waals surface area contributed by atoms with Crippen LogP contribution < -0.4 is 10.1 Å². The molecule has 112 valence electrons. The summed E-state index contributed by atoms with van der Waals surface area (Å²) in [5.41, 5.74) is 1.08. The molecule has 0 fully saturated rings. The summed E-state index contributed by atoms with van der Waals surface area (Å²) >= 11 is 3.18. The molecule has 0 aliphatic rings. The second-order valence-corrected chi connectivity index (χ2v) is 5.37. The van der Waals surface area contributed by atoms with Crippen LogP contribution in [0.4, 0.5) is 10.1 Å². The van der Waals surface area contributed by atoms with Crippen LogP contribution in [0.1, 0.15) is 12.5 Å². The smallest absolute Gasteiger partial charge is 0.265 e. The molecule has 0 aliphatic heterocycles. The Bertz CT molecular complexity index is 726. The summed E-state index contributed by atoms with van der Waals surface area (Å²) in [7, 11) is 0. The van der Waals surface area contributed by atoms with E-state index < -0.39 is 11.9 Å². The van der Waals surface area contributed by atoms with Crippen molar-refractivity contribution in [1.29, 1.82) is 5.26 Å². The lowest BCUT2D eigenvalue weighted by Gasteiger charge is -2.15. The standard InChI is InChI=1S/C16H12BrFN2O2/c1-10(22-15-7-4-12(18)8-14(15)17)16(21)20-13-5-2-11(9-19)3-6-13/h2-8,10H,1H3,(H,20,21)/t10-/m1/s1. The van der Waals surface area contributed by atoms with Crippen LogP contribution in [0.25, 0.3) is 0 Å². The Morgan fingerprint density at radius 1 is 1.32 bits per heavy atom. The minimum Gasteiger partial charge on any atom is -0.480 e. The first kappa shape index (κ1) is 16.0. The largest absolute Gasteiger partial charge is 0.480 e. The van der Waals surface area contributed by atoms with E-state index >= 15 is 0 Å². The Labute approximate surface area is 135 Å². The number of benzene rings is 2. The topological polar surface area (TPSA) is 62.1 Å². The first-order valence-corrected chi connectivity index (χ1v) is 7.21. The second kappa shape index (κ2) is 7.05. The lowest BCUT2D eigenvalue weighted by Crippen LogP contribution is -2.30. The van der Waals surface area contributed by atoms with Gasteiger partial charge in [-0.3, -0.25) is 4.79 Å². The fourth-order valence-corrected chi connectivity index (χ4v) is 2.13. The monoisotopic (exact) mass is 362 g/mol. The van der Waals surface area contributed by atoms with Crippen LogP contribution >= 0.6 is 15.9 Å². The van der Waals surface area contributed by atoms with Crippen LogP contribution in [0.2, 0.25) is 0 Å². The number of nitriles is 1. The molecule has 6 heteroatoms. The van der Waals surface area contributed by atoms with E-state index in [9.17, 15) is 9.18 Å². The van der Waals surface area contributed by atoms with Gasteiger partial charge in [-0.2, -0.15) is 5.26 Å². The predicted molar refractivity (Wildman–Crippen MR) is 84.0 cm³/mol. The Morgan fingerprint density at radius 3 is 2.59 bits per heavy atom. The van der Waals surface area contributed by atoms with Crippen molar-refractivity contribution in [3.05, 3.63) is 58.3 Å². The van der Waals surface area contributed by atoms with Crippen molar-refractivity contribution in [3.8, 4) is 11.8 Å². The van der Waals surface area contributed by atoms with Gasteiger partial charge in [0.05, 0.1) is 16.1 Å². The van der Waals surface area contributed by atoms with Gasteiger partial charge in [-0.15, -0.1) is 0 Å². The molecule has 2 aromatic carbocycles. The Kier molecular flexibility index (Phi) is 5.12. The predicted octanol–water partition coefficient (Wildman–Crippen LogP) is 3.87. The zero-order valence-corrected chi connectivity index (χ0v) is 13.2. The molecule has 2 aromatic rings. The molecule has 0 unspecified atom stereocenters. The number of carbonyl (C=O) groups is 1. The molecule has 0 saturated heterocycles. The number of rotatable bonds is 4. The van der Waals surface area contributed by atoms with Crippen LogP contribution in [0, 0.1) is 17.1 Å². The highest BCUT2D eigenvalue weighted by Crippen LogP contribution is 2.26. The fourth-order valence-electron chi connectivity index (χ4n) is 1.69. The van der Waals surface area contributed by atoms with Crippen LogP contribution in [0.15, 0.2) is 46.9 Å². The fraction of sp³-hybridized carbons (Fsp3) is 0.125. The summed E-state index contributed by atoms with van der Waals surface area (Å²) in [5, 5.41) is 11.4. The Morgan fingerprint density at radius 2 is 2.00 bits per heavy atom. The normalized spacial score (nSPS) is 11.4. The van der Waals surface area contributed by atoms with Crippen molar-refractivity contribution < 1.29 is 13.9 Å². The van der Waals surface area contributed by atoms with E-state index in [4.69, 9.17) is 10.00 Å². The van der Waals surface area contributed by atoms with E-state index in [1.54, 1.807) is 31.2 Å². The van der Waals surface area contributed by atoms with E-state index in [1.165, 1.54) is 18.2 Å². The number of nitrogens with zero attached hydrogens (tertiary/aromatic N) is 1. The van der Waals surface area contributed by atoms with Gasteiger partial charge in [0, 0.05) is 5.69 Å². The number of anilines is 1. The number of halogens is 2. The summed E-state index contributed by atoms with van der Waals surface area (Å²) in [6.45, 7) is 1.59. The molecule has 0 aliphatic carbocycles. The summed E-state index contributed by atoms with van der Waals surface area (Å²) in [6.07, 6.45) is -0.766. The zero-order valence-electron chi connectivity index (χ0n) is 11.6. The third-order valence-corrected chi connectivity index (χ3v) is 3.47. The van der Waals surface area contributed by atoms with E-state index in [-0.39, 0.29) is 5.91 Å². The summed E-state index contributed by atoms with van der Waals surface area (Å²) in [5.74, 6) is -0.362. The quantitative estimate of drug-likeness (QED) is 0.897. The third kappa shape index (κ3) is 4.06. The number of hydrogen-bond acceptors (Lipinski definition) is 3. The molecule has 4 nitrogen and oxygen atoms in total. The molecule has 0 saturated carbocycles. The molecule has 0 bridgehead atoms. The van der Waals surface area contributed by atoms with Crippen LogP contribution in [-0.4, -0.2) is 12.0 Å². The van der Waals surface area contributed by atoms with E-state index in [0.717, 1.165) is 0 Å². The van der Waals surface area contributed by atoms with Crippen molar-refractivity contribution in [2.75, 3.05) is 5.32 Å². The highest BCUT2D eigenvalue weighted by atomic mass is 79.9. The van der Waals surface area contributed by atoms with Gasteiger partial charge in [0.2, 0.25) is 0 Å². The van der Waals surface area contributed by atoms with Crippen molar-refractivity contribution in [3.63, 3.8) is 0 Å². The minimum absolute atomic E-state index is 0.346. The minimum atomic E-state index is -0.766. The lowest BCUT2D eigenvalue weighted by molar-refractivity contribution is -0.122. The van der Waals surface area contributed by atoms with Gasteiger partial charge >= 0.3 is 0 Å². The Hall–Kier alpha value is -2.39. The van der Waals surface area contributed by atoms with Gasteiger partial charge in [0.15, 0.2) is 6.10 Å². The first-order chi connectivity index (χ1) is 10.5. The molecular weight excluding hydrogens is 351 g/mol. The number of ether oxygens (including phenoxy) is 1. The summed E-state index contributed by atoms with van der Waals surface area (Å²) in [4.78, 5) is 12.1. The van der Waals surface area contributed by atoms with Crippen molar-refractivity contribution >= 4 is 27.5 Å². The maximum absolute atomic E-state index is 13.0. The third-order valence-electron chi connectivity index (χ3n) is 2.85. The van der Waals surface area contributed by atoms with Gasteiger partial charge in [-0.25, -0.2) is 4.39 Å². The number of carbonyl (C=O) groups excluding carboxylic acids is 1. The van der Waals surface area contributed by atoms with Crippen molar-refractivity contribution in [2.24, 2.45) is 0 Å². The molecule has 0 heterocycles. The van der Waals surface area contributed by atoms with Crippen LogP contribution in [0.3, 0.4) is 0 Å². The van der Waals surface area contributed by atoms with E-state index in [0.29, 0.717) is 21.5 Å². The average molecular weight is 363 g/mol.